The first-order valence-corrected chi connectivity index (χ1v) is 8.24. The van der Waals surface area contributed by atoms with Gasteiger partial charge in [-0.25, -0.2) is 17.8 Å². The molecule has 2 aromatic carbocycles. The summed E-state index contributed by atoms with van der Waals surface area (Å²) in [4.78, 5) is 3.56. The number of anilines is 2. The van der Waals surface area contributed by atoms with Gasteiger partial charge in [-0.05, 0) is 30.3 Å². The molecule has 0 saturated heterocycles. The average Bonchev–Trinajstić information content (AvgIpc) is 2.85. The third kappa shape index (κ3) is 2.55. The lowest BCUT2D eigenvalue weighted by Gasteiger charge is -2.10. The van der Waals surface area contributed by atoms with Gasteiger partial charge in [-0.1, -0.05) is 6.07 Å². The number of rotatable bonds is 3. The molecule has 8 heteroatoms. The largest absolute Gasteiger partial charge is 0.398 e. The molecule has 0 fully saturated rings. The number of benzene rings is 2. The second-order valence-electron chi connectivity index (χ2n) is 4.30. The van der Waals surface area contributed by atoms with Crippen molar-refractivity contribution >= 4 is 43.0 Å². The lowest BCUT2D eigenvalue weighted by atomic mass is 10.3. The molecule has 5 nitrogen and oxygen atoms in total. The molecule has 0 aliphatic heterocycles. The predicted molar refractivity (Wildman–Crippen MR) is 81.2 cm³/mol. The summed E-state index contributed by atoms with van der Waals surface area (Å²) in [7, 11) is -4.09. The van der Waals surface area contributed by atoms with Crippen molar-refractivity contribution < 1.29 is 12.8 Å². The number of hydrogen-bond acceptors (Lipinski definition) is 5. The molecule has 0 amide bonds. The Kier molecular flexibility index (Phi) is 3.26. The second kappa shape index (κ2) is 4.97. The van der Waals surface area contributed by atoms with Crippen molar-refractivity contribution in [3.05, 3.63) is 47.7 Å². The van der Waals surface area contributed by atoms with Gasteiger partial charge in [0.1, 0.15) is 10.7 Å². The lowest BCUT2D eigenvalue weighted by Crippen LogP contribution is -2.16. The minimum absolute atomic E-state index is 0.138. The van der Waals surface area contributed by atoms with Crippen LogP contribution < -0.4 is 10.5 Å². The summed E-state index contributed by atoms with van der Waals surface area (Å²) in [5.74, 6) is -0.888. The van der Waals surface area contributed by atoms with Crippen LogP contribution in [0.25, 0.3) is 10.2 Å². The average molecular weight is 323 g/mol. The molecule has 0 saturated carbocycles. The topological polar surface area (TPSA) is 85.1 Å². The Labute approximate surface area is 124 Å². The standard InChI is InChI=1S/C13H10FN3O2S2/c14-9-2-1-3-10(15)13(9)21(18,19)17-8-4-5-11-12(6-8)20-7-16-11/h1-7,17H,15H2. The van der Waals surface area contributed by atoms with Crippen LogP contribution in [0.15, 0.2) is 46.8 Å². The molecule has 0 unspecified atom stereocenters. The Morgan fingerprint density at radius 2 is 2.05 bits per heavy atom. The summed E-state index contributed by atoms with van der Waals surface area (Å²) in [6, 6.07) is 8.64. The highest BCUT2D eigenvalue weighted by Gasteiger charge is 2.22. The van der Waals surface area contributed by atoms with Crippen molar-refractivity contribution in [3.63, 3.8) is 0 Å². The van der Waals surface area contributed by atoms with Gasteiger partial charge in [-0.2, -0.15) is 0 Å². The molecule has 108 valence electrons. The first-order chi connectivity index (χ1) is 9.97. The maximum absolute atomic E-state index is 13.7. The zero-order chi connectivity index (χ0) is 15.0. The van der Waals surface area contributed by atoms with Crippen LogP contribution in [-0.2, 0) is 10.0 Å². The lowest BCUT2D eigenvalue weighted by molar-refractivity contribution is 0.572. The van der Waals surface area contributed by atoms with E-state index in [1.165, 1.54) is 23.5 Å². The van der Waals surface area contributed by atoms with E-state index in [0.717, 1.165) is 16.3 Å². The fourth-order valence-electron chi connectivity index (χ4n) is 1.93. The van der Waals surface area contributed by atoms with Crippen molar-refractivity contribution in [2.75, 3.05) is 10.5 Å². The van der Waals surface area contributed by atoms with E-state index in [0.29, 0.717) is 5.69 Å². The number of aromatic nitrogens is 1. The molecule has 1 heterocycles. The molecule has 0 radical (unpaired) electrons. The smallest absolute Gasteiger partial charge is 0.266 e. The number of halogens is 1. The number of nitrogens with zero attached hydrogens (tertiary/aromatic N) is 1. The zero-order valence-corrected chi connectivity index (χ0v) is 12.2. The highest BCUT2D eigenvalue weighted by Crippen LogP contribution is 2.27. The number of fused-ring (bicyclic) bond motifs is 1. The summed E-state index contributed by atoms with van der Waals surface area (Å²) in [5.41, 5.74) is 8.19. The minimum atomic E-state index is -4.09. The van der Waals surface area contributed by atoms with Crippen LogP contribution in [0.5, 0.6) is 0 Å². The molecule has 1 aromatic heterocycles. The van der Waals surface area contributed by atoms with E-state index in [1.807, 2.05) is 0 Å². The maximum atomic E-state index is 13.7. The number of nitrogens with one attached hydrogen (secondary N) is 1. The number of nitrogen functional groups attached to an aromatic ring is 1. The summed E-state index contributed by atoms with van der Waals surface area (Å²) in [5, 5.41) is 0. The molecule has 3 N–H and O–H groups in total. The van der Waals surface area contributed by atoms with Crippen LogP contribution in [0.4, 0.5) is 15.8 Å². The highest BCUT2D eigenvalue weighted by molar-refractivity contribution is 7.92. The van der Waals surface area contributed by atoms with Gasteiger partial charge in [0.05, 0.1) is 27.1 Å². The summed E-state index contributed by atoms with van der Waals surface area (Å²) in [6.45, 7) is 0. The van der Waals surface area contributed by atoms with Gasteiger partial charge in [-0.15, -0.1) is 11.3 Å². The summed E-state index contributed by atoms with van der Waals surface area (Å²) >= 11 is 1.38. The third-order valence-corrected chi connectivity index (χ3v) is 5.11. The Bertz CT molecular complexity index is 902. The van der Waals surface area contributed by atoms with Gasteiger partial charge in [0, 0.05) is 0 Å². The van der Waals surface area contributed by atoms with Crippen LogP contribution in [0.2, 0.25) is 0 Å². The molecule has 0 aliphatic carbocycles. The van der Waals surface area contributed by atoms with E-state index >= 15 is 0 Å². The molecule has 3 rings (SSSR count). The first kappa shape index (κ1) is 13.8. The number of thiazole rings is 1. The monoisotopic (exact) mass is 323 g/mol. The second-order valence-corrected chi connectivity index (χ2v) is 6.80. The molecule has 0 atom stereocenters. The predicted octanol–water partition coefficient (Wildman–Crippen LogP) is 2.82. The van der Waals surface area contributed by atoms with Crippen LogP contribution in [0, 0.1) is 5.82 Å². The van der Waals surface area contributed by atoms with Crippen LogP contribution in [0.3, 0.4) is 0 Å². The van der Waals surface area contributed by atoms with Crippen LogP contribution in [0.1, 0.15) is 0 Å². The number of nitrogens with two attached hydrogens (primary N) is 1. The molecule has 0 aliphatic rings. The SMILES string of the molecule is Nc1cccc(F)c1S(=O)(=O)Nc1ccc2ncsc2c1. The molecule has 3 aromatic rings. The van der Waals surface area contributed by atoms with E-state index < -0.39 is 20.7 Å². The zero-order valence-electron chi connectivity index (χ0n) is 10.6. The van der Waals surface area contributed by atoms with Crippen molar-refractivity contribution in [1.29, 1.82) is 0 Å². The van der Waals surface area contributed by atoms with Crippen molar-refractivity contribution in [2.45, 2.75) is 4.90 Å². The quantitative estimate of drug-likeness (QED) is 0.726. The van der Waals surface area contributed by atoms with E-state index in [-0.39, 0.29) is 5.69 Å². The van der Waals surface area contributed by atoms with Gasteiger partial charge in [0.2, 0.25) is 0 Å². The number of sulfonamides is 1. The van der Waals surface area contributed by atoms with E-state index in [2.05, 4.69) is 9.71 Å². The highest BCUT2D eigenvalue weighted by atomic mass is 32.2. The van der Waals surface area contributed by atoms with Gasteiger partial charge in [0.15, 0.2) is 0 Å². The fourth-order valence-corrected chi connectivity index (χ4v) is 3.89. The van der Waals surface area contributed by atoms with Gasteiger partial charge in [0.25, 0.3) is 10.0 Å². The van der Waals surface area contributed by atoms with Gasteiger partial charge < -0.3 is 5.73 Å². The Morgan fingerprint density at radius 1 is 1.24 bits per heavy atom. The minimum Gasteiger partial charge on any atom is -0.398 e. The molecule has 21 heavy (non-hydrogen) atoms. The number of hydrogen-bond donors (Lipinski definition) is 2. The molecular weight excluding hydrogens is 313 g/mol. The van der Waals surface area contributed by atoms with Crippen LogP contribution in [-0.4, -0.2) is 13.4 Å². The van der Waals surface area contributed by atoms with Gasteiger partial charge in [-0.3, -0.25) is 4.72 Å². The maximum Gasteiger partial charge on any atom is 0.266 e. The molecular formula is C13H10FN3O2S2. The molecule has 0 spiro atoms. The Morgan fingerprint density at radius 3 is 2.81 bits per heavy atom. The first-order valence-electron chi connectivity index (χ1n) is 5.87. The van der Waals surface area contributed by atoms with Crippen molar-refractivity contribution in [2.24, 2.45) is 0 Å². The normalized spacial score (nSPS) is 11.7. The van der Waals surface area contributed by atoms with E-state index in [4.69, 9.17) is 5.73 Å². The Balaban J connectivity index is 2.03. The fraction of sp³-hybridized carbons (Fsp3) is 0. The third-order valence-electron chi connectivity index (χ3n) is 2.85. The van der Waals surface area contributed by atoms with Crippen molar-refractivity contribution in [3.8, 4) is 0 Å². The van der Waals surface area contributed by atoms with E-state index in [1.54, 1.807) is 23.7 Å². The molecule has 0 bridgehead atoms. The van der Waals surface area contributed by atoms with Crippen molar-refractivity contribution in [1.82, 2.24) is 4.98 Å². The summed E-state index contributed by atoms with van der Waals surface area (Å²) < 4.78 is 41.5. The van der Waals surface area contributed by atoms with Gasteiger partial charge >= 0.3 is 0 Å². The Hall–Kier alpha value is -2.19. The van der Waals surface area contributed by atoms with E-state index in [9.17, 15) is 12.8 Å². The summed E-state index contributed by atoms with van der Waals surface area (Å²) in [6.07, 6.45) is 0. The van der Waals surface area contributed by atoms with Crippen LogP contribution >= 0.6 is 11.3 Å².